The quantitative estimate of drug-likeness (QED) is 0.119. The third kappa shape index (κ3) is 12.6. The lowest BCUT2D eigenvalue weighted by molar-refractivity contribution is -0.134. The molecule has 0 saturated carbocycles. The Balaban J connectivity index is 0.00000138. The highest BCUT2D eigenvalue weighted by atomic mass is 16.5. The van der Waals surface area contributed by atoms with Crippen molar-refractivity contribution in [2.45, 2.75) is 64.6 Å². The number of aromatic nitrogens is 3. The van der Waals surface area contributed by atoms with Crippen molar-refractivity contribution >= 4 is 5.97 Å². The number of ether oxygens (including phenoxy) is 1. The first kappa shape index (κ1) is 33.5. The van der Waals surface area contributed by atoms with E-state index < -0.39 is 23.5 Å². The summed E-state index contributed by atoms with van der Waals surface area (Å²) in [6.45, 7) is 3.52. The minimum Gasteiger partial charge on any atom is -0.508 e. The monoisotopic (exact) mass is 574 g/mol. The van der Waals surface area contributed by atoms with Crippen LogP contribution >= 0.6 is 0 Å². The van der Waals surface area contributed by atoms with Gasteiger partial charge in [0.15, 0.2) is 0 Å². The highest BCUT2D eigenvalue weighted by Crippen LogP contribution is 2.22. The predicted octanol–water partition coefficient (Wildman–Crippen LogP) is 2.37. The van der Waals surface area contributed by atoms with Crippen LogP contribution in [-0.2, 0) is 22.6 Å². The average Bonchev–Trinajstić information content (AvgIpc) is 3.28. The van der Waals surface area contributed by atoms with Crippen LogP contribution < -0.4 is 16.7 Å². The first-order chi connectivity index (χ1) is 19.7. The highest BCUT2D eigenvalue weighted by molar-refractivity contribution is 5.62. The number of aliphatic carboxylic acids is 1. The Morgan fingerprint density at radius 3 is 2.32 bits per heavy atom. The van der Waals surface area contributed by atoms with E-state index in [-0.39, 0.29) is 12.4 Å². The molecular weight excluding hydrogens is 532 g/mol. The highest BCUT2D eigenvalue weighted by Gasteiger charge is 2.10. The maximum absolute atomic E-state index is 11.8. The molecule has 3 rings (SSSR count). The van der Waals surface area contributed by atoms with Crippen LogP contribution in [0.1, 0.15) is 68.2 Å². The Hall–Kier alpha value is -3.71. The summed E-state index contributed by atoms with van der Waals surface area (Å²) in [5, 5.41) is 44.3. The van der Waals surface area contributed by atoms with E-state index in [0.29, 0.717) is 30.0 Å². The summed E-state index contributed by atoms with van der Waals surface area (Å²) in [6, 6.07) is 12.2. The number of aliphatic hydroxyl groups is 2. The van der Waals surface area contributed by atoms with Gasteiger partial charge in [0.2, 0.25) is 0 Å². The molecule has 0 aliphatic carbocycles. The fourth-order valence-corrected chi connectivity index (χ4v) is 4.14. The van der Waals surface area contributed by atoms with Gasteiger partial charge in [0.1, 0.15) is 5.75 Å². The number of carbonyl (C=O) groups is 1. The topological polar surface area (TPSA) is 190 Å². The van der Waals surface area contributed by atoms with Crippen LogP contribution in [0.15, 0.2) is 52.1 Å². The van der Waals surface area contributed by atoms with E-state index in [9.17, 15) is 24.9 Å². The van der Waals surface area contributed by atoms with Gasteiger partial charge < -0.3 is 30.5 Å². The molecule has 0 fully saturated rings. The molecule has 12 heteroatoms. The maximum Gasteiger partial charge on any atom is 0.348 e. The number of aliphatic hydroxyl groups excluding tert-OH is 2. The molecule has 0 spiro atoms. The van der Waals surface area contributed by atoms with Crippen LogP contribution in [0.3, 0.4) is 0 Å². The average molecular weight is 575 g/mol. The van der Waals surface area contributed by atoms with E-state index in [1.54, 1.807) is 18.2 Å². The molecular formula is C29H42N4O8. The Morgan fingerprint density at radius 1 is 0.976 bits per heavy atom. The number of hydrogen-bond acceptors (Lipinski definition) is 8. The molecule has 0 amide bonds. The number of nitrogens with zero attached hydrogens (tertiary/aromatic N) is 1. The number of H-pyrrole nitrogens is 2. The number of carboxylic acids is 1. The zero-order chi connectivity index (χ0) is 30.0. The number of aromatic amines is 2. The van der Waals surface area contributed by atoms with Gasteiger partial charge in [0.05, 0.1) is 18.4 Å². The zero-order valence-electron chi connectivity index (χ0n) is 23.5. The summed E-state index contributed by atoms with van der Waals surface area (Å²) < 4.78 is 6.82. The molecule has 1 heterocycles. The second-order valence-corrected chi connectivity index (χ2v) is 9.63. The third-order valence-corrected chi connectivity index (χ3v) is 6.24. The van der Waals surface area contributed by atoms with Gasteiger partial charge in [0.25, 0.3) is 5.97 Å². The molecule has 226 valence electrons. The lowest BCUT2D eigenvalue weighted by Gasteiger charge is -2.14. The number of aryl methyl sites for hydroxylation is 1. The van der Waals surface area contributed by atoms with Gasteiger partial charge >= 0.3 is 11.4 Å². The number of hydrogen-bond donors (Lipinski definition) is 7. The molecule has 7 N–H and O–H groups in total. The normalized spacial score (nSPS) is 11.6. The van der Waals surface area contributed by atoms with E-state index in [1.165, 1.54) is 6.07 Å². The zero-order valence-corrected chi connectivity index (χ0v) is 23.5. The summed E-state index contributed by atoms with van der Waals surface area (Å²) in [7, 11) is 0. The molecule has 12 nitrogen and oxygen atoms in total. The van der Waals surface area contributed by atoms with Crippen molar-refractivity contribution in [2.75, 3.05) is 26.3 Å². The molecule has 2 aromatic carbocycles. The van der Waals surface area contributed by atoms with Crippen molar-refractivity contribution in [2.24, 2.45) is 0 Å². The van der Waals surface area contributed by atoms with Gasteiger partial charge in [0, 0.05) is 32.2 Å². The van der Waals surface area contributed by atoms with Crippen molar-refractivity contribution in [3.05, 3.63) is 80.1 Å². The number of nitrogens with one attached hydrogen (secondary N) is 3. The molecule has 0 aliphatic heterocycles. The summed E-state index contributed by atoms with van der Waals surface area (Å²) in [5.41, 5.74) is 1.76. The number of aromatic hydroxyl groups is 1. The van der Waals surface area contributed by atoms with Crippen molar-refractivity contribution < 1.29 is 30.0 Å². The Bertz CT molecular complexity index is 1270. The lowest BCUT2D eigenvalue weighted by Crippen LogP contribution is -2.24. The SMILES string of the molecule is CC(=O)O.O=c1[nH][nH]c(=O)n1-c1cccc(CCCCOCCCCCCNC[C@H](O)c2ccc(O)c(CO)c2)c1. The van der Waals surface area contributed by atoms with Gasteiger partial charge in [-0.25, -0.2) is 24.4 Å². The minimum absolute atomic E-state index is 0.0320. The number of carboxylic acid groups (broad SMARTS) is 1. The molecule has 1 aromatic heterocycles. The van der Waals surface area contributed by atoms with Gasteiger partial charge in [-0.2, -0.15) is 0 Å². The molecule has 0 aliphatic rings. The van der Waals surface area contributed by atoms with E-state index >= 15 is 0 Å². The molecule has 0 radical (unpaired) electrons. The molecule has 41 heavy (non-hydrogen) atoms. The first-order valence-corrected chi connectivity index (χ1v) is 13.8. The van der Waals surface area contributed by atoms with Crippen molar-refractivity contribution in [3.63, 3.8) is 0 Å². The van der Waals surface area contributed by atoms with E-state index in [1.807, 2.05) is 18.2 Å². The minimum atomic E-state index is -0.833. The molecule has 0 saturated heterocycles. The fourth-order valence-electron chi connectivity index (χ4n) is 4.14. The summed E-state index contributed by atoms with van der Waals surface area (Å²) in [5.74, 6) is -0.801. The van der Waals surface area contributed by atoms with Crippen LogP contribution in [0, 0.1) is 0 Å². The Kier molecular flexibility index (Phi) is 15.2. The predicted molar refractivity (Wildman–Crippen MR) is 154 cm³/mol. The van der Waals surface area contributed by atoms with Crippen LogP contribution in [0.25, 0.3) is 5.69 Å². The fraction of sp³-hybridized carbons (Fsp3) is 0.483. The van der Waals surface area contributed by atoms with E-state index in [4.69, 9.17) is 14.6 Å². The summed E-state index contributed by atoms with van der Waals surface area (Å²) >= 11 is 0. The van der Waals surface area contributed by atoms with Crippen LogP contribution in [0.4, 0.5) is 0 Å². The number of unbranched alkanes of at least 4 members (excludes halogenated alkanes) is 4. The second kappa shape index (κ2) is 18.6. The number of benzene rings is 2. The summed E-state index contributed by atoms with van der Waals surface area (Å²) in [4.78, 5) is 32.5. The van der Waals surface area contributed by atoms with Gasteiger partial charge in [-0.1, -0.05) is 31.0 Å². The lowest BCUT2D eigenvalue weighted by atomic mass is 10.1. The maximum atomic E-state index is 11.8. The van der Waals surface area contributed by atoms with Gasteiger partial charge in [-0.05, 0) is 74.0 Å². The molecule has 3 aromatic rings. The largest absolute Gasteiger partial charge is 0.508 e. The standard InChI is InChI=1S/C27H38N4O6.C2H4O2/c32-19-22-17-21(11-12-24(22)33)25(34)18-28-13-4-1-2-5-14-37-15-6-3-8-20-9-7-10-23(16-20)31-26(35)29-30-27(31)36;1-2(3)4/h7,9-12,16-17,25,28,32-34H,1-6,8,13-15,18-19H2,(H,29,35)(H,30,36);1H3,(H,3,4)/t25-;/m0./s1. The van der Waals surface area contributed by atoms with Gasteiger partial charge in [-0.15, -0.1) is 0 Å². The summed E-state index contributed by atoms with van der Waals surface area (Å²) in [6.07, 6.45) is 6.29. The van der Waals surface area contributed by atoms with Crippen molar-refractivity contribution in [1.82, 2.24) is 20.1 Å². The Labute approximate surface area is 238 Å². The third-order valence-electron chi connectivity index (χ3n) is 6.24. The van der Waals surface area contributed by atoms with Crippen LogP contribution in [-0.4, -0.2) is 67.5 Å². The number of rotatable bonds is 17. The van der Waals surface area contributed by atoms with Gasteiger partial charge in [-0.3, -0.25) is 4.79 Å². The van der Waals surface area contributed by atoms with E-state index in [2.05, 4.69) is 15.5 Å². The van der Waals surface area contributed by atoms with E-state index in [0.717, 1.165) is 75.2 Å². The second-order valence-electron chi connectivity index (χ2n) is 9.63. The first-order valence-electron chi connectivity index (χ1n) is 13.8. The molecule has 1 atom stereocenters. The number of phenols is 1. The molecule has 0 bridgehead atoms. The molecule has 0 unspecified atom stereocenters. The van der Waals surface area contributed by atoms with Crippen LogP contribution in [0.5, 0.6) is 5.75 Å². The van der Waals surface area contributed by atoms with Crippen molar-refractivity contribution in [3.8, 4) is 11.4 Å². The van der Waals surface area contributed by atoms with Crippen molar-refractivity contribution in [1.29, 1.82) is 0 Å². The smallest absolute Gasteiger partial charge is 0.348 e. The van der Waals surface area contributed by atoms with Crippen LogP contribution in [0.2, 0.25) is 0 Å². The Morgan fingerprint density at radius 2 is 1.63 bits per heavy atom.